The van der Waals surface area contributed by atoms with Crippen LogP contribution in [0.15, 0.2) is 36.9 Å². The van der Waals surface area contributed by atoms with Gasteiger partial charge >= 0.3 is 0 Å². The quantitative estimate of drug-likeness (QED) is 0.580. The maximum atomic E-state index is 12.3. The van der Waals surface area contributed by atoms with Crippen LogP contribution < -0.4 is 5.32 Å². The fourth-order valence-corrected chi connectivity index (χ4v) is 3.91. The van der Waals surface area contributed by atoms with Gasteiger partial charge in [-0.05, 0) is 42.8 Å². The standard InChI is InChI=1S/C22H24ClN5O3/c1-5-21(30)27-6-7-28(14(3)29)19(12-27)15-9-18(26-20(23)11-15)17-10-16(22(31)24-4)8-13(2)25-17/h5,8-11,19H,1,6-7,12H2,2-4H3,(H,24,31)/t19-/m1/s1. The van der Waals surface area contributed by atoms with Gasteiger partial charge in [-0.15, -0.1) is 0 Å². The molecule has 0 bridgehead atoms. The zero-order valence-corrected chi connectivity index (χ0v) is 18.4. The largest absolute Gasteiger partial charge is 0.355 e. The predicted molar refractivity (Wildman–Crippen MR) is 118 cm³/mol. The van der Waals surface area contributed by atoms with Gasteiger partial charge in [-0.1, -0.05) is 18.2 Å². The van der Waals surface area contributed by atoms with E-state index in [4.69, 9.17) is 11.6 Å². The molecule has 3 rings (SSSR count). The van der Waals surface area contributed by atoms with Gasteiger partial charge < -0.3 is 15.1 Å². The topological polar surface area (TPSA) is 95.5 Å². The summed E-state index contributed by atoms with van der Waals surface area (Å²) in [4.78, 5) is 48.8. The Balaban J connectivity index is 2.06. The molecule has 2 aromatic heterocycles. The SMILES string of the molecule is C=CC(=O)N1CCN(C(C)=O)[C@@H](c2cc(Cl)nc(-c3cc(C(=O)NC)cc(C)n3)c2)C1. The van der Waals surface area contributed by atoms with Gasteiger partial charge in [0.25, 0.3) is 5.91 Å². The lowest BCUT2D eigenvalue weighted by atomic mass is 10.0. The van der Waals surface area contributed by atoms with Gasteiger partial charge in [-0.3, -0.25) is 19.4 Å². The number of halogens is 1. The van der Waals surface area contributed by atoms with Crippen LogP contribution in [0.2, 0.25) is 5.15 Å². The van der Waals surface area contributed by atoms with Crippen molar-refractivity contribution in [3.8, 4) is 11.4 Å². The number of carbonyl (C=O) groups is 3. The van der Waals surface area contributed by atoms with E-state index in [0.717, 1.165) is 5.56 Å². The van der Waals surface area contributed by atoms with E-state index in [1.54, 1.807) is 48.0 Å². The Hall–Kier alpha value is -3.26. The van der Waals surface area contributed by atoms with E-state index in [9.17, 15) is 14.4 Å². The van der Waals surface area contributed by atoms with Crippen molar-refractivity contribution in [3.63, 3.8) is 0 Å². The van der Waals surface area contributed by atoms with Crippen LogP contribution in [0.4, 0.5) is 0 Å². The minimum Gasteiger partial charge on any atom is -0.355 e. The molecule has 8 nitrogen and oxygen atoms in total. The average molecular weight is 442 g/mol. The van der Waals surface area contributed by atoms with Crippen molar-refractivity contribution >= 4 is 29.3 Å². The van der Waals surface area contributed by atoms with Gasteiger partial charge in [-0.2, -0.15) is 0 Å². The van der Waals surface area contributed by atoms with E-state index in [1.165, 1.54) is 13.0 Å². The molecule has 31 heavy (non-hydrogen) atoms. The second kappa shape index (κ2) is 9.26. The number of hydrogen-bond donors (Lipinski definition) is 1. The van der Waals surface area contributed by atoms with Crippen LogP contribution >= 0.6 is 11.6 Å². The molecule has 0 aromatic carbocycles. The summed E-state index contributed by atoms with van der Waals surface area (Å²) < 4.78 is 0. The number of amides is 3. The Morgan fingerprint density at radius 2 is 1.87 bits per heavy atom. The highest BCUT2D eigenvalue weighted by atomic mass is 35.5. The molecule has 2 aromatic rings. The van der Waals surface area contributed by atoms with E-state index in [-0.39, 0.29) is 22.9 Å². The van der Waals surface area contributed by atoms with Crippen LogP contribution in [-0.4, -0.2) is 64.2 Å². The molecule has 1 atom stereocenters. The van der Waals surface area contributed by atoms with Crippen molar-refractivity contribution in [1.82, 2.24) is 25.1 Å². The molecular weight excluding hydrogens is 418 g/mol. The molecule has 1 saturated heterocycles. The molecule has 1 aliphatic rings. The zero-order valence-electron chi connectivity index (χ0n) is 17.7. The van der Waals surface area contributed by atoms with Crippen molar-refractivity contribution < 1.29 is 14.4 Å². The van der Waals surface area contributed by atoms with Crippen LogP contribution in [0.1, 0.15) is 34.6 Å². The summed E-state index contributed by atoms with van der Waals surface area (Å²) in [6.07, 6.45) is 1.27. The van der Waals surface area contributed by atoms with Crippen LogP contribution in [0.3, 0.4) is 0 Å². The second-order valence-corrected chi connectivity index (χ2v) is 7.67. The molecule has 1 fully saturated rings. The normalized spacial score (nSPS) is 16.1. The minimum absolute atomic E-state index is 0.0965. The van der Waals surface area contributed by atoms with Gasteiger partial charge in [0.15, 0.2) is 0 Å². The summed E-state index contributed by atoms with van der Waals surface area (Å²) in [5.74, 6) is -0.521. The minimum atomic E-state index is -0.391. The molecular formula is C22H24ClN5O3. The first kappa shape index (κ1) is 22.4. The van der Waals surface area contributed by atoms with Crippen LogP contribution in [0.25, 0.3) is 11.4 Å². The number of pyridine rings is 2. The third-order valence-corrected chi connectivity index (χ3v) is 5.37. The van der Waals surface area contributed by atoms with E-state index >= 15 is 0 Å². The van der Waals surface area contributed by atoms with E-state index in [1.807, 2.05) is 0 Å². The lowest BCUT2D eigenvalue weighted by Gasteiger charge is -2.41. The third kappa shape index (κ3) is 4.91. The Morgan fingerprint density at radius 1 is 1.16 bits per heavy atom. The first-order valence-corrected chi connectivity index (χ1v) is 10.2. The highest BCUT2D eigenvalue weighted by Gasteiger charge is 2.32. The number of aryl methyl sites for hydroxylation is 1. The Labute approximate surface area is 185 Å². The molecule has 1 N–H and O–H groups in total. The number of piperazine rings is 1. The molecule has 162 valence electrons. The Morgan fingerprint density at radius 3 is 2.52 bits per heavy atom. The number of nitrogens with zero attached hydrogens (tertiary/aromatic N) is 4. The highest BCUT2D eigenvalue weighted by Crippen LogP contribution is 2.30. The molecule has 9 heteroatoms. The number of carbonyl (C=O) groups excluding carboxylic acids is 3. The van der Waals surface area contributed by atoms with Crippen LogP contribution in [-0.2, 0) is 9.59 Å². The summed E-state index contributed by atoms with van der Waals surface area (Å²) in [6, 6.07) is 6.42. The van der Waals surface area contributed by atoms with Gasteiger partial charge in [0.1, 0.15) is 5.15 Å². The highest BCUT2D eigenvalue weighted by molar-refractivity contribution is 6.29. The Kier molecular flexibility index (Phi) is 6.70. The number of aromatic nitrogens is 2. The van der Waals surface area contributed by atoms with Crippen molar-refractivity contribution in [2.24, 2.45) is 0 Å². The molecule has 0 unspecified atom stereocenters. The summed E-state index contributed by atoms with van der Waals surface area (Å²) in [6.45, 7) is 7.99. The first-order valence-electron chi connectivity index (χ1n) is 9.80. The zero-order chi connectivity index (χ0) is 22.7. The van der Waals surface area contributed by atoms with Gasteiger partial charge in [-0.25, -0.2) is 4.98 Å². The number of hydrogen-bond acceptors (Lipinski definition) is 5. The maximum Gasteiger partial charge on any atom is 0.251 e. The average Bonchev–Trinajstić information content (AvgIpc) is 2.76. The van der Waals surface area contributed by atoms with E-state index < -0.39 is 6.04 Å². The molecule has 3 heterocycles. The Bertz CT molecular complexity index is 1060. The van der Waals surface area contributed by atoms with E-state index in [0.29, 0.717) is 42.3 Å². The van der Waals surface area contributed by atoms with Gasteiger partial charge in [0.05, 0.1) is 17.4 Å². The maximum absolute atomic E-state index is 12.3. The van der Waals surface area contributed by atoms with Crippen molar-refractivity contribution in [3.05, 3.63) is 58.9 Å². The van der Waals surface area contributed by atoms with Crippen molar-refractivity contribution in [2.75, 3.05) is 26.7 Å². The lowest BCUT2D eigenvalue weighted by molar-refractivity contribution is -0.139. The summed E-state index contributed by atoms with van der Waals surface area (Å²) in [7, 11) is 1.56. The van der Waals surface area contributed by atoms with Crippen LogP contribution in [0.5, 0.6) is 0 Å². The third-order valence-electron chi connectivity index (χ3n) is 5.18. The van der Waals surface area contributed by atoms with Crippen LogP contribution in [0, 0.1) is 6.92 Å². The smallest absolute Gasteiger partial charge is 0.251 e. The fraction of sp³-hybridized carbons (Fsp3) is 0.318. The van der Waals surface area contributed by atoms with E-state index in [2.05, 4.69) is 21.9 Å². The van der Waals surface area contributed by atoms with Crippen molar-refractivity contribution in [1.29, 1.82) is 0 Å². The first-order chi connectivity index (χ1) is 14.7. The summed E-state index contributed by atoms with van der Waals surface area (Å²) in [5, 5.41) is 2.83. The molecule has 3 amide bonds. The van der Waals surface area contributed by atoms with Gasteiger partial charge in [0.2, 0.25) is 11.8 Å². The number of nitrogens with one attached hydrogen (secondary N) is 1. The fourth-order valence-electron chi connectivity index (χ4n) is 3.69. The molecule has 0 spiro atoms. The molecule has 0 saturated carbocycles. The molecule has 0 aliphatic carbocycles. The van der Waals surface area contributed by atoms with Crippen molar-refractivity contribution in [2.45, 2.75) is 19.9 Å². The molecule has 1 aliphatic heterocycles. The van der Waals surface area contributed by atoms with Gasteiger partial charge in [0, 0.05) is 44.9 Å². The predicted octanol–water partition coefficient (Wildman–Crippen LogP) is 2.38. The molecule has 0 radical (unpaired) electrons. The second-order valence-electron chi connectivity index (χ2n) is 7.29. The summed E-state index contributed by atoms with van der Waals surface area (Å²) >= 11 is 6.32. The monoisotopic (exact) mass is 441 g/mol. The number of rotatable bonds is 4. The lowest BCUT2D eigenvalue weighted by Crippen LogP contribution is -2.51. The summed E-state index contributed by atoms with van der Waals surface area (Å²) in [5.41, 5.74) is 2.82.